The van der Waals surface area contributed by atoms with Crippen LogP contribution >= 0.6 is 0 Å². The summed E-state index contributed by atoms with van der Waals surface area (Å²) in [5.74, 6) is 0.666. The Labute approximate surface area is 109 Å². The molecule has 1 fully saturated rings. The van der Waals surface area contributed by atoms with Gasteiger partial charge in [0.2, 0.25) is 5.88 Å². The fraction of sp³-hybridized carbons (Fsp3) is 0.643. The highest BCUT2D eigenvalue weighted by Gasteiger charge is 2.20. The first-order valence-corrected chi connectivity index (χ1v) is 6.57. The summed E-state index contributed by atoms with van der Waals surface area (Å²) in [7, 11) is 3.44. The van der Waals surface area contributed by atoms with Crippen molar-refractivity contribution in [2.75, 3.05) is 14.2 Å². The molecule has 1 aliphatic carbocycles. The van der Waals surface area contributed by atoms with Gasteiger partial charge in [-0.05, 0) is 31.2 Å². The Morgan fingerprint density at radius 2 is 2.00 bits per heavy atom. The summed E-state index contributed by atoms with van der Waals surface area (Å²) < 4.78 is 10.4. The molecule has 4 heteroatoms. The summed E-state index contributed by atoms with van der Waals surface area (Å²) in [6.07, 6.45) is 7.05. The predicted molar refractivity (Wildman–Crippen MR) is 70.7 cm³/mol. The first kappa shape index (κ1) is 13.3. The van der Waals surface area contributed by atoms with Crippen LogP contribution in [-0.4, -0.2) is 31.3 Å². The SMILES string of the molecule is COc1ccc(CNC2CCC(OC)CC2)cn1. The van der Waals surface area contributed by atoms with Crippen LogP contribution in [0.2, 0.25) is 0 Å². The Hall–Kier alpha value is -1.13. The lowest BCUT2D eigenvalue weighted by atomic mass is 9.93. The topological polar surface area (TPSA) is 43.4 Å². The Morgan fingerprint density at radius 1 is 1.22 bits per heavy atom. The van der Waals surface area contributed by atoms with E-state index in [1.54, 1.807) is 14.2 Å². The standard InChI is InChI=1S/C14H22N2O2/c1-17-13-6-4-12(5-7-13)15-9-11-3-8-14(18-2)16-10-11/h3,8,10,12-13,15H,4-7,9H2,1-2H3. The van der Waals surface area contributed by atoms with Gasteiger partial charge < -0.3 is 14.8 Å². The fourth-order valence-corrected chi connectivity index (χ4v) is 2.40. The Morgan fingerprint density at radius 3 is 2.56 bits per heavy atom. The van der Waals surface area contributed by atoms with E-state index >= 15 is 0 Å². The first-order chi connectivity index (χ1) is 8.81. The molecule has 1 heterocycles. The van der Waals surface area contributed by atoms with Crippen LogP contribution in [0.25, 0.3) is 0 Å². The van der Waals surface area contributed by atoms with E-state index in [2.05, 4.69) is 16.4 Å². The van der Waals surface area contributed by atoms with Gasteiger partial charge in [-0.2, -0.15) is 0 Å². The van der Waals surface area contributed by atoms with Crippen LogP contribution in [0, 0.1) is 0 Å². The maximum atomic E-state index is 5.38. The molecule has 1 N–H and O–H groups in total. The molecule has 0 spiro atoms. The van der Waals surface area contributed by atoms with E-state index in [4.69, 9.17) is 9.47 Å². The molecule has 0 bridgehead atoms. The van der Waals surface area contributed by atoms with Crippen LogP contribution < -0.4 is 10.1 Å². The number of aromatic nitrogens is 1. The third kappa shape index (κ3) is 3.68. The Kier molecular flexibility index (Phi) is 4.96. The number of hydrogen-bond acceptors (Lipinski definition) is 4. The van der Waals surface area contributed by atoms with Crippen molar-refractivity contribution in [1.82, 2.24) is 10.3 Å². The van der Waals surface area contributed by atoms with E-state index in [0.29, 0.717) is 18.0 Å². The average molecular weight is 250 g/mol. The van der Waals surface area contributed by atoms with Crippen LogP contribution in [0.1, 0.15) is 31.2 Å². The van der Waals surface area contributed by atoms with Gasteiger partial charge >= 0.3 is 0 Å². The molecule has 2 rings (SSSR count). The summed E-state index contributed by atoms with van der Waals surface area (Å²) in [6, 6.07) is 4.57. The van der Waals surface area contributed by atoms with Crippen molar-refractivity contribution < 1.29 is 9.47 Å². The normalized spacial score (nSPS) is 23.9. The molecule has 1 saturated carbocycles. The van der Waals surface area contributed by atoms with E-state index in [1.807, 2.05) is 12.3 Å². The molecule has 1 aliphatic rings. The average Bonchev–Trinajstić information content (AvgIpc) is 2.46. The Bertz CT molecular complexity index is 345. The minimum atomic E-state index is 0.464. The van der Waals surface area contributed by atoms with Crippen molar-refractivity contribution in [3.63, 3.8) is 0 Å². The van der Waals surface area contributed by atoms with Gasteiger partial charge in [0.25, 0.3) is 0 Å². The summed E-state index contributed by atoms with van der Waals surface area (Å²) in [5.41, 5.74) is 1.20. The second-order valence-corrected chi connectivity index (χ2v) is 4.80. The second kappa shape index (κ2) is 6.71. The third-order valence-corrected chi connectivity index (χ3v) is 3.61. The predicted octanol–water partition coefficient (Wildman–Crippen LogP) is 2.14. The zero-order chi connectivity index (χ0) is 12.8. The molecule has 1 aromatic heterocycles. The molecule has 4 nitrogen and oxygen atoms in total. The molecule has 100 valence electrons. The largest absolute Gasteiger partial charge is 0.481 e. The van der Waals surface area contributed by atoms with Gasteiger partial charge in [-0.15, -0.1) is 0 Å². The van der Waals surface area contributed by atoms with Crippen molar-refractivity contribution in [3.8, 4) is 5.88 Å². The molecule has 0 aliphatic heterocycles. The van der Waals surface area contributed by atoms with E-state index < -0.39 is 0 Å². The maximum Gasteiger partial charge on any atom is 0.212 e. The number of nitrogens with zero attached hydrogens (tertiary/aromatic N) is 1. The lowest BCUT2D eigenvalue weighted by molar-refractivity contribution is 0.0624. The van der Waals surface area contributed by atoms with E-state index in [-0.39, 0.29) is 0 Å². The maximum absolute atomic E-state index is 5.38. The molecule has 1 aromatic rings. The van der Waals surface area contributed by atoms with Crippen LogP contribution in [-0.2, 0) is 11.3 Å². The summed E-state index contributed by atoms with van der Waals surface area (Å²) in [4.78, 5) is 4.20. The van der Waals surface area contributed by atoms with Gasteiger partial charge in [0.1, 0.15) is 0 Å². The molecular formula is C14H22N2O2. The van der Waals surface area contributed by atoms with E-state index in [1.165, 1.54) is 18.4 Å². The van der Waals surface area contributed by atoms with Crippen molar-refractivity contribution in [2.24, 2.45) is 0 Å². The summed E-state index contributed by atoms with van der Waals surface area (Å²) in [6.45, 7) is 0.874. The van der Waals surface area contributed by atoms with Gasteiger partial charge in [-0.3, -0.25) is 0 Å². The lowest BCUT2D eigenvalue weighted by Gasteiger charge is -2.28. The van der Waals surface area contributed by atoms with Gasteiger partial charge in [0.15, 0.2) is 0 Å². The van der Waals surface area contributed by atoms with Crippen LogP contribution in [0.4, 0.5) is 0 Å². The monoisotopic (exact) mass is 250 g/mol. The highest BCUT2D eigenvalue weighted by Crippen LogP contribution is 2.20. The summed E-state index contributed by atoms with van der Waals surface area (Å²) >= 11 is 0. The number of nitrogens with one attached hydrogen (secondary N) is 1. The zero-order valence-corrected chi connectivity index (χ0v) is 11.2. The van der Waals surface area contributed by atoms with Crippen molar-refractivity contribution in [2.45, 2.75) is 44.4 Å². The fourth-order valence-electron chi connectivity index (χ4n) is 2.40. The minimum absolute atomic E-state index is 0.464. The minimum Gasteiger partial charge on any atom is -0.481 e. The van der Waals surface area contributed by atoms with E-state index in [9.17, 15) is 0 Å². The number of rotatable bonds is 5. The molecule has 0 radical (unpaired) electrons. The van der Waals surface area contributed by atoms with Crippen molar-refractivity contribution >= 4 is 0 Å². The van der Waals surface area contributed by atoms with Crippen molar-refractivity contribution in [1.29, 1.82) is 0 Å². The third-order valence-electron chi connectivity index (χ3n) is 3.61. The van der Waals surface area contributed by atoms with Crippen LogP contribution in [0.15, 0.2) is 18.3 Å². The van der Waals surface area contributed by atoms with Crippen molar-refractivity contribution in [3.05, 3.63) is 23.9 Å². The first-order valence-electron chi connectivity index (χ1n) is 6.57. The van der Waals surface area contributed by atoms with Crippen LogP contribution in [0.3, 0.4) is 0 Å². The summed E-state index contributed by atoms with van der Waals surface area (Å²) in [5, 5.41) is 3.58. The number of hydrogen-bond donors (Lipinski definition) is 1. The quantitative estimate of drug-likeness (QED) is 0.869. The molecule has 18 heavy (non-hydrogen) atoms. The number of ether oxygens (including phenoxy) is 2. The number of methoxy groups -OCH3 is 2. The zero-order valence-electron chi connectivity index (χ0n) is 11.2. The van der Waals surface area contributed by atoms with Gasteiger partial charge in [0, 0.05) is 32.0 Å². The van der Waals surface area contributed by atoms with Gasteiger partial charge in [-0.1, -0.05) is 6.07 Å². The molecule has 0 amide bonds. The number of pyridine rings is 1. The highest BCUT2D eigenvalue weighted by molar-refractivity contribution is 5.17. The highest BCUT2D eigenvalue weighted by atomic mass is 16.5. The molecule has 0 aromatic carbocycles. The van der Waals surface area contributed by atoms with Crippen LogP contribution in [0.5, 0.6) is 5.88 Å². The molecule has 0 unspecified atom stereocenters. The second-order valence-electron chi connectivity index (χ2n) is 4.80. The van der Waals surface area contributed by atoms with Gasteiger partial charge in [-0.25, -0.2) is 4.98 Å². The lowest BCUT2D eigenvalue weighted by Crippen LogP contribution is -2.34. The Balaban J connectivity index is 1.74. The van der Waals surface area contributed by atoms with Gasteiger partial charge in [0.05, 0.1) is 13.2 Å². The molecule has 0 saturated heterocycles. The smallest absolute Gasteiger partial charge is 0.212 e. The molecular weight excluding hydrogens is 228 g/mol. The molecule has 0 atom stereocenters. The van der Waals surface area contributed by atoms with E-state index in [0.717, 1.165) is 19.4 Å².